The third kappa shape index (κ3) is 4.46. The lowest BCUT2D eigenvalue weighted by Crippen LogP contribution is -2.23. The van der Waals surface area contributed by atoms with Crippen LogP contribution in [0.2, 0.25) is 0 Å². The van der Waals surface area contributed by atoms with Crippen LogP contribution in [0.4, 0.5) is 14.6 Å². The Hall–Kier alpha value is -3.33. The van der Waals surface area contributed by atoms with Gasteiger partial charge in [0, 0.05) is 37.4 Å². The number of anilines is 1. The Morgan fingerprint density at radius 2 is 1.83 bits per heavy atom. The van der Waals surface area contributed by atoms with Crippen molar-refractivity contribution in [3.05, 3.63) is 80.5 Å². The van der Waals surface area contributed by atoms with Crippen LogP contribution in [0.1, 0.15) is 27.7 Å². The third-order valence-corrected chi connectivity index (χ3v) is 5.40. The topological polar surface area (TPSA) is 77.4 Å². The molecular weight excluding hydrogens is 414 g/mol. The molecule has 0 fully saturated rings. The summed E-state index contributed by atoms with van der Waals surface area (Å²) in [4.78, 5) is 37.2. The van der Waals surface area contributed by atoms with Crippen molar-refractivity contribution in [1.29, 1.82) is 0 Å². The summed E-state index contributed by atoms with van der Waals surface area (Å²) in [5.74, 6) is -2.65. The second-order valence-electron chi connectivity index (χ2n) is 6.30. The van der Waals surface area contributed by atoms with E-state index >= 15 is 0 Å². The molecule has 0 aliphatic carbocycles. The number of carbonyl (C=O) groups excluding carboxylic acids is 2. The molecule has 0 spiro atoms. The SMILES string of the molecule is CNc1c(C(=O)c2ccc(F)cc2F)ccc(=O)n1-c1ccc(CCOC(C)=O)s1. The number of thiophene rings is 1. The first-order valence-electron chi connectivity index (χ1n) is 8.98. The van der Waals surface area contributed by atoms with E-state index in [1.807, 2.05) is 0 Å². The zero-order valence-electron chi connectivity index (χ0n) is 16.2. The van der Waals surface area contributed by atoms with Gasteiger partial charge in [-0.05, 0) is 30.3 Å². The lowest BCUT2D eigenvalue weighted by molar-refractivity contribution is -0.140. The number of rotatable bonds is 7. The Labute approximate surface area is 174 Å². The van der Waals surface area contributed by atoms with E-state index in [0.29, 0.717) is 17.5 Å². The van der Waals surface area contributed by atoms with E-state index < -0.39 is 17.4 Å². The van der Waals surface area contributed by atoms with Crippen LogP contribution < -0.4 is 10.9 Å². The summed E-state index contributed by atoms with van der Waals surface area (Å²) in [7, 11) is 1.54. The summed E-state index contributed by atoms with van der Waals surface area (Å²) in [5.41, 5.74) is -0.618. The molecule has 0 atom stereocenters. The van der Waals surface area contributed by atoms with Gasteiger partial charge in [0.2, 0.25) is 0 Å². The average Bonchev–Trinajstić information content (AvgIpc) is 3.15. The zero-order chi connectivity index (χ0) is 21.8. The third-order valence-electron chi connectivity index (χ3n) is 4.27. The fraction of sp³-hybridized carbons (Fsp3) is 0.190. The van der Waals surface area contributed by atoms with E-state index in [9.17, 15) is 23.2 Å². The summed E-state index contributed by atoms with van der Waals surface area (Å²) < 4.78 is 33.6. The van der Waals surface area contributed by atoms with Gasteiger partial charge >= 0.3 is 5.97 Å². The predicted molar refractivity (Wildman–Crippen MR) is 110 cm³/mol. The molecule has 0 saturated carbocycles. The van der Waals surface area contributed by atoms with Crippen LogP contribution in [-0.4, -0.2) is 30.0 Å². The van der Waals surface area contributed by atoms with Crippen LogP contribution >= 0.6 is 11.3 Å². The van der Waals surface area contributed by atoms with Crippen molar-refractivity contribution in [3.8, 4) is 5.00 Å². The molecule has 2 heterocycles. The summed E-state index contributed by atoms with van der Waals surface area (Å²) in [6, 6.07) is 8.74. The second-order valence-corrected chi connectivity index (χ2v) is 7.45. The number of benzene rings is 1. The van der Waals surface area contributed by atoms with Crippen LogP contribution in [0.3, 0.4) is 0 Å². The maximum Gasteiger partial charge on any atom is 0.302 e. The molecule has 2 aromatic heterocycles. The van der Waals surface area contributed by atoms with Crippen LogP contribution in [0.15, 0.2) is 47.3 Å². The lowest BCUT2D eigenvalue weighted by atomic mass is 10.0. The number of hydrogen-bond acceptors (Lipinski definition) is 6. The number of hydrogen-bond donors (Lipinski definition) is 1. The highest BCUT2D eigenvalue weighted by atomic mass is 32.1. The van der Waals surface area contributed by atoms with Gasteiger partial charge in [-0.3, -0.25) is 19.0 Å². The molecule has 156 valence electrons. The van der Waals surface area contributed by atoms with Gasteiger partial charge in [-0.15, -0.1) is 11.3 Å². The van der Waals surface area contributed by atoms with E-state index in [2.05, 4.69) is 5.32 Å². The summed E-state index contributed by atoms with van der Waals surface area (Å²) in [6.07, 6.45) is 0.479. The van der Waals surface area contributed by atoms with Crippen molar-refractivity contribution < 1.29 is 23.1 Å². The van der Waals surface area contributed by atoms with Gasteiger partial charge in [-0.25, -0.2) is 8.78 Å². The molecule has 6 nitrogen and oxygen atoms in total. The minimum atomic E-state index is -0.983. The monoisotopic (exact) mass is 432 g/mol. The smallest absolute Gasteiger partial charge is 0.302 e. The number of aromatic nitrogens is 1. The van der Waals surface area contributed by atoms with Gasteiger partial charge in [0.15, 0.2) is 5.78 Å². The fourth-order valence-electron chi connectivity index (χ4n) is 2.92. The maximum atomic E-state index is 14.1. The molecule has 0 unspecified atom stereocenters. The quantitative estimate of drug-likeness (QED) is 0.456. The van der Waals surface area contributed by atoms with Gasteiger partial charge < -0.3 is 10.1 Å². The van der Waals surface area contributed by atoms with Crippen molar-refractivity contribution in [2.75, 3.05) is 19.0 Å². The Balaban J connectivity index is 2.01. The van der Waals surface area contributed by atoms with E-state index in [1.54, 1.807) is 12.1 Å². The number of nitrogens with one attached hydrogen (secondary N) is 1. The zero-order valence-corrected chi connectivity index (χ0v) is 17.0. The van der Waals surface area contributed by atoms with E-state index in [-0.39, 0.29) is 35.1 Å². The van der Waals surface area contributed by atoms with Gasteiger partial charge in [0.05, 0.1) is 17.7 Å². The first-order chi connectivity index (χ1) is 14.3. The molecule has 1 aromatic carbocycles. The molecule has 0 aliphatic heterocycles. The Morgan fingerprint density at radius 3 is 2.50 bits per heavy atom. The number of nitrogens with zero attached hydrogens (tertiary/aromatic N) is 1. The van der Waals surface area contributed by atoms with Gasteiger partial charge in [0.25, 0.3) is 5.56 Å². The number of carbonyl (C=O) groups is 2. The average molecular weight is 432 g/mol. The van der Waals surface area contributed by atoms with Crippen LogP contribution in [0, 0.1) is 11.6 Å². The number of ketones is 1. The maximum absolute atomic E-state index is 14.1. The van der Waals surface area contributed by atoms with Crippen molar-refractivity contribution in [2.24, 2.45) is 0 Å². The van der Waals surface area contributed by atoms with Gasteiger partial charge in [0.1, 0.15) is 22.5 Å². The summed E-state index contributed by atoms with van der Waals surface area (Å²) in [5, 5.41) is 3.37. The molecule has 1 N–H and O–H groups in total. The number of ether oxygens (including phenoxy) is 1. The normalized spacial score (nSPS) is 10.7. The van der Waals surface area contributed by atoms with Crippen molar-refractivity contribution in [1.82, 2.24) is 4.57 Å². The van der Waals surface area contributed by atoms with Crippen LogP contribution in [0.25, 0.3) is 5.00 Å². The molecule has 9 heteroatoms. The largest absolute Gasteiger partial charge is 0.465 e. The highest BCUT2D eigenvalue weighted by Gasteiger charge is 2.21. The minimum Gasteiger partial charge on any atom is -0.465 e. The highest BCUT2D eigenvalue weighted by Crippen LogP contribution is 2.27. The van der Waals surface area contributed by atoms with Crippen LogP contribution in [0.5, 0.6) is 0 Å². The predicted octanol–water partition coefficient (Wildman–Crippen LogP) is 3.56. The molecule has 3 aromatic rings. The van der Waals surface area contributed by atoms with E-state index in [4.69, 9.17) is 4.74 Å². The molecule has 0 aliphatic rings. The molecule has 0 saturated heterocycles. The fourth-order valence-corrected chi connectivity index (χ4v) is 3.92. The Bertz CT molecular complexity index is 1170. The first-order valence-corrected chi connectivity index (χ1v) is 9.79. The second kappa shape index (κ2) is 9.00. The lowest BCUT2D eigenvalue weighted by Gasteiger charge is -2.15. The molecule has 0 amide bonds. The first kappa shape index (κ1) is 21.4. The highest BCUT2D eigenvalue weighted by molar-refractivity contribution is 7.14. The van der Waals surface area contributed by atoms with Crippen molar-refractivity contribution in [2.45, 2.75) is 13.3 Å². The van der Waals surface area contributed by atoms with Crippen molar-refractivity contribution in [3.63, 3.8) is 0 Å². The molecule has 0 bridgehead atoms. The molecule has 0 radical (unpaired) electrons. The summed E-state index contributed by atoms with van der Waals surface area (Å²) >= 11 is 1.30. The molecular formula is C21H18F2N2O4S. The van der Waals surface area contributed by atoms with Gasteiger partial charge in [-0.2, -0.15) is 0 Å². The van der Waals surface area contributed by atoms with E-state index in [1.165, 1.54) is 42.0 Å². The van der Waals surface area contributed by atoms with Crippen molar-refractivity contribution >= 4 is 28.9 Å². The standard InChI is InChI=1S/C21H18F2N2O4S/c1-12(26)29-10-9-14-4-8-19(30-14)25-18(27)7-6-16(21(25)24-2)20(28)15-5-3-13(22)11-17(15)23/h3-8,11,24H,9-10H2,1-2H3. The summed E-state index contributed by atoms with van der Waals surface area (Å²) in [6.45, 7) is 1.54. The minimum absolute atomic E-state index is 0.0671. The Morgan fingerprint density at radius 1 is 1.10 bits per heavy atom. The molecule has 3 rings (SSSR count). The Kier molecular flexibility index (Phi) is 6.41. The number of esters is 1. The van der Waals surface area contributed by atoms with E-state index in [0.717, 1.165) is 17.0 Å². The van der Waals surface area contributed by atoms with Gasteiger partial charge in [-0.1, -0.05) is 0 Å². The van der Waals surface area contributed by atoms with Crippen LogP contribution in [-0.2, 0) is 16.0 Å². The molecule has 30 heavy (non-hydrogen) atoms. The number of pyridine rings is 1. The number of halogens is 2.